The molecule has 0 spiro atoms. The molecule has 0 saturated heterocycles. The van der Waals surface area contributed by atoms with Crippen LogP contribution in [0.1, 0.15) is 46.9 Å². The molecule has 3 aliphatic carbocycles. The molecule has 0 aromatic carbocycles. The molecule has 2 aromatic rings. The van der Waals surface area contributed by atoms with Gasteiger partial charge in [-0.3, -0.25) is 9.48 Å². The summed E-state index contributed by atoms with van der Waals surface area (Å²) in [7, 11) is -3.49. The first-order chi connectivity index (χ1) is 15.7. The standard InChI is InChI=1S/C20H20F5N5O3S/c1-34(26,33)13-7-11(4-5-30(13)32)27-18(31)17-15(20(23,24)25)16(9-2-3-9)28-29(17)8-10-6-12-14(10)19(12,21)22/h4-5,7,9-10,12,14,26H,2-3,6,8H2,1H3,(H,27,31). The van der Waals surface area contributed by atoms with Crippen molar-refractivity contribution < 1.29 is 35.7 Å². The Morgan fingerprint density at radius 2 is 2.09 bits per heavy atom. The molecule has 5 rings (SSSR count). The van der Waals surface area contributed by atoms with Crippen LogP contribution in [0.2, 0.25) is 0 Å². The molecule has 3 saturated carbocycles. The van der Waals surface area contributed by atoms with E-state index < -0.39 is 67.7 Å². The van der Waals surface area contributed by atoms with Crippen LogP contribution in [0.25, 0.3) is 0 Å². The Labute approximate surface area is 190 Å². The summed E-state index contributed by atoms with van der Waals surface area (Å²) in [5, 5.41) is 17.7. The van der Waals surface area contributed by atoms with E-state index >= 15 is 0 Å². The average Bonchev–Trinajstić information content (AvgIpc) is 3.53. The first-order valence-corrected chi connectivity index (χ1v) is 12.5. The fourth-order valence-electron chi connectivity index (χ4n) is 4.83. The van der Waals surface area contributed by atoms with E-state index in [1.807, 2.05) is 0 Å². The lowest BCUT2D eigenvalue weighted by atomic mass is 9.85. The van der Waals surface area contributed by atoms with Gasteiger partial charge in [-0.2, -0.15) is 23.0 Å². The summed E-state index contributed by atoms with van der Waals surface area (Å²) in [4.78, 5) is 13.1. The van der Waals surface area contributed by atoms with Crippen molar-refractivity contribution in [1.82, 2.24) is 9.78 Å². The number of hydrogen-bond donors (Lipinski definition) is 2. The van der Waals surface area contributed by atoms with Gasteiger partial charge >= 0.3 is 6.18 Å². The zero-order chi connectivity index (χ0) is 24.8. The van der Waals surface area contributed by atoms with Gasteiger partial charge in [0.1, 0.15) is 21.0 Å². The lowest BCUT2D eigenvalue weighted by molar-refractivity contribution is -0.646. The largest absolute Gasteiger partial charge is 0.618 e. The number of nitrogens with zero attached hydrogens (tertiary/aromatic N) is 3. The molecule has 8 nitrogen and oxygen atoms in total. The third kappa shape index (κ3) is 3.71. The summed E-state index contributed by atoms with van der Waals surface area (Å²) in [6, 6.07) is 2.05. The number of nitrogens with one attached hydrogen (secondary N) is 2. The molecular formula is C20H20F5N5O3S. The van der Waals surface area contributed by atoms with Crippen molar-refractivity contribution in [3.63, 3.8) is 0 Å². The molecule has 2 N–H and O–H groups in total. The number of pyridine rings is 1. The van der Waals surface area contributed by atoms with E-state index in [1.165, 1.54) is 0 Å². The van der Waals surface area contributed by atoms with Crippen LogP contribution >= 0.6 is 0 Å². The Bertz CT molecular complexity index is 1300. The second-order valence-electron chi connectivity index (χ2n) is 9.24. The van der Waals surface area contributed by atoms with E-state index in [9.17, 15) is 36.2 Å². The van der Waals surface area contributed by atoms with Gasteiger partial charge in [-0.15, -0.1) is 0 Å². The molecule has 3 fully saturated rings. The highest BCUT2D eigenvalue weighted by molar-refractivity contribution is 7.91. The second kappa shape index (κ2) is 7.12. The van der Waals surface area contributed by atoms with Gasteiger partial charge in [0.25, 0.3) is 16.9 Å². The zero-order valence-corrected chi connectivity index (χ0v) is 18.6. The molecule has 184 valence electrons. The van der Waals surface area contributed by atoms with Gasteiger partial charge < -0.3 is 10.5 Å². The maximum atomic E-state index is 14.1. The fourth-order valence-corrected chi connectivity index (χ4v) is 5.59. The number of rotatable bonds is 6. The van der Waals surface area contributed by atoms with Crippen LogP contribution in [0.5, 0.6) is 0 Å². The predicted molar refractivity (Wildman–Crippen MR) is 108 cm³/mol. The molecule has 4 unspecified atom stereocenters. The average molecular weight is 505 g/mol. The molecule has 4 atom stereocenters. The number of carbonyl (C=O) groups is 1. The van der Waals surface area contributed by atoms with Crippen molar-refractivity contribution in [2.45, 2.75) is 48.8 Å². The maximum absolute atomic E-state index is 14.1. The summed E-state index contributed by atoms with van der Waals surface area (Å²) >= 11 is 0. The van der Waals surface area contributed by atoms with Crippen molar-refractivity contribution in [2.75, 3.05) is 11.6 Å². The second-order valence-corrected chi connectivity index (χ2v) is 11.3. The Morgan fingerprint density at radius 1 is 1.41 bits per heavy atom. The van der Waals surface area contributed by atoms with E-state index in [2.05, 4.69) is 10.4 Å². The van der Waals surface area contributed by atoms with E-state index in [1.54, 1.807) is 0 Å². The van der Waals surface area contributed by atoms with Gasteiger partial charge in [0.2, 0.25) is 0 Å². The number of amides is 1. The lowest BCUT2D eigenvalue weighted by Gasteiger charge is -2.23. The molecule has 14 heteroatoms. The Morgan fingerprint density at radius 3 is 2.59 bits per heavy atom. The minimum absolute atomic E-state index is 0.139. The van der Waals surface area contributed by atoms with Crippen molar-refractivity contribution in [1.29, 1.82) is 4.78 Å². The summed E-state index contributed by atoms with van der Waals surface area (Å²) < 4.78 is 90.2. The van der Waals surface area contributed by atoms with Crippen LogP contribution in [0.15, 0.2) is 23.4 Å². The molecule has 34 heavy (non-hydrogen) atoms. The number of anilines is 1. The topological polar surface area (TPSA) is 115 Å². The van der Waals surface area contributed by atoms with Crippen molar-refractivity contribution in [3.8, 4) is 0 Å². The van der Waals surface area contributed by atoms with Gasteiger partial charge in [-0.1, -0.05) is 0 Å². The summed E-state index contributed by atoms with van der Waals surface area (Å²) in [5.41, 5.74) is -2.39. The lowest BCUT2D eigenvalue weighted by Crippen LogP contribution is -2.33. The molecule has 2 aromatic heterocycles. The van der Waals surface area contributed by atoms with Crippen LogP contribution in [-0.2, 0) is 22.5 Å². The monoisotopic (exact) mass is 505 g/mol. The Kier molecular flexibility index (Phi) is 4.82. The maximum Gasteiger partial charge on any atom is 0.420 e. The van der Waals surface area contributed by atoms with Crippen molar-refractivity contribution in [2.24, 2.45) is 17.8 Å². The minimum atomic E-state index is -4.91. The highest BCUT2D eigenvalue weighted by Gasteiger charge is 2.77. The highest BCUT2D eigenvalue weighted by Crippen LogP contribution is 2.70. The Balaban J connectivity index is 1.52. The molecule has 3 aliphatic rings. The molecule has 0 bridgehead atoms. The van der Waals surface area contributed by atoms with Gasteiger partial charge in [0, 0.05) is 42.7 Å². The van der Waals surface area contributed by atoms with E-state index in [0.29, 0.717) is 12.8 Å². The molecule has 0 aliphatic heterocycles. The highest BCUT2D eigenvalue weighted by atomic mass is 32.2. The van der Waals surface area contributed by atoms with Crippen LogP contribution in [0.3, 0.4) is 0 Å². The first kappa shape index (κ1) is 23.0. The third-order valence-corrected chi connectivity index (χ3v) is 7.82. The van der Waals surface area contributed by atoms with Gasteiger partial charge in [-0.05, 0) is 25.2 Å². The van der Waals surface area contributed by atoms with Gasteiger partial charge in [0.15, 0.2) is 6.20 Å². The Hall–Kier alpha value is -2.77. The quantitative estimate of drug-likeness (QED) is 0.355. The van der Waals surface area contributed by atoms with E-state index in [-0.39, 0.29) is 29.1 Å². The molecule has 1 amide bonds. The summed E-state index contributed by atoms with van der Waals surface area (Å²) in [5.74, 6) is -6.74. The smallest absolute Gasteiger partial charge is 0.420 e. The number of alkyl halides is 5. The minimum Gasteiger partial charge on any atom is -0.618 e. The van der Waals surface area contributed by atoms with Crippen LogP contribution in [0, 0.1) is 27.7 Å². The summed E-state index contributed by atoms with van der Waals surface area (Å²) in [6.45, 7) is -0.245. The van der Waals surface area contributed by atoms with Crippen LogP contribution in [-0.4, -0.2) is 32.1 Å². The number of fused-ring (bicyclic) bond motifs is 1. The first-order valence-electron chi connectivity index (χ1n) is 10.5. The zero-order valence-electron chi connectivity index (χ0n) is 17.7. The third-order valence-electron chi connectivity index (χ3n) is 6.72. The number of carbonyl (C=O) groups excluding carboxylic acids is 1. The van der Waals surface area contributed by atoms with Crippen molar-refractivity contribution in [3.05, 3.63) is 40.5 Å². The van der Waals surface area contributed by atoms with Crippen LogP contribution < -0.4 is 10.0 Å². The molecule has 0 radical (unpaired) electrons. The SMILES string of the molecule is CS(=N)(=O)c1cc(NC(=O)c2c(C(F)(F)F)c(C3CC3)nn2CC2CC3C2C3(F)F)cc[n+]1[O-]. The van der Waals surface area contributed by atoms with Crippen LogP contribution in [0.4, 0.5) is 27.6 Å². The number of aromatic nitrogens is 3. The number of halogens is 5. The van der Waals surface area contributed by atoms with Gasteiger partial charge in [0.05, 0.1) is 11.4 Å². The predicted octanol–water partition coefficient (Wildman–Crippen LogP) is 3.60. The number of hydrogen-bond acceptors (Lipinski definition) is 5. The van der Waals surface area contributed by atoms with E-state index in [0.717, 1.165) is 29.3 Å². The summed E-state index contributed by atoms with van der Waals surface area (Å²) in [6.07, 6.45) is -1.93. The molecular weight excluding hydrogens is 485 g/mol. The molecule has 2 heterocycles. The van der Waals surface area contributed by atoms with Gasteiger partial charge in [-0.25, -0.2) is 17.8 Å². The van der Waals surface area contributed by atoms with Crippen molar-refractivity contribution >= 4 is 21.3 Å². The fraction of sp³-hybridized carbons (Fsp3) is 0.550. The van der Waals surface area contributed by atoms with E-state index in [4.69, 9.17) is 4.78 Å². The normalized spacial score (nSPS) is 26.8.